The average Bonchev–Trinajstić information content (AvgIpc) is 2.66. The van der Waals surface area contributed by atoms with Crippen LogP contribution in [0.15, 0.2) is 23.1 Å². The zero-order chi connectivity index (χ0) is 19.9. The van der Waals surface area contributed by atoms with Crippen molar-refractivity contribution < 1.29 is 17.9 Å². The van der Waals surface area contributed by atoms with Gasteiger partial charge in [0.05, 0.1) is 17.1 Å². The molecule has 156 valence electrons. The Hall–Kier alpha value is -1.11. The van der Waals surface area contributed by atoms with Crippen LogP contribution in [-0.2, 0) is 14.8 Å². The van der Waals surface area contributed by atoms with Gasteiger partial charge in [0.15, 0.2) is 0 Å². The molecular formula is C22H33NO4S. The second kappa shape index (κ2) is 7.62. The van der Waals surface area contributed by atoms with Gasteiger partial charge in [-0.05, 0) is 92.9 Å². The van der Waals surface area contributed by atoms with E-state index in [-0.39, 0.29) is 5.60 Å². The maximum Gasteiger partial charge on any atom is 0.240 e. The second-order valence-electron chi connectivity index (χ2n) is 9.06. The molecule has 0 radical (unpaired) electrons. The van der Waals surface area contributed by atoms with Gasteiger partial charge >= 0.3 is 0 Å². The number of hydrogen-bond donors (Lipinski definition) is 1. The zero-order valence-corrected chi connectivity index (χ0v) is 18.1. The highest BCUT2D eigenvalue weighted by Crippen LogP contribution is 2.59. The summed E-state index contributed by atoms with van der Waals surface area (Å²) in [6, 6.07) is 5.09. The Kier molecular flexibility index (Phi) is 5.49. The van der Waals surface area contributed by atoms with E-state index in [4.69, 9.17) is 9.47 Å². The Morgan fingerprint density at radius 2 is 1.75 bits per heavy atom. The third-order valence-corrected chi connectivity index (χ3v) is 8.76. The monoisotopic (exact) mass is 407 g/mol. The Morgan fingerprint density at radius 1 is 1.11 bits per heavy atom. The van der Waals surface area contributed by atoms with E-state index >= 15 is 0 Å². The van der Waals surface area contributed by atoms with Crippen LogP contribution in [0.2, 0.25) is 0 Å². The Labute approximate surface area is 169 Å². The van der Waals surface area contributed by atoms with Crippen LogP contribution in [0, 0.1) is 30.6 Å². The van der Waals surface area contributed by atoms with Crippen molar-refractivity contribution in [3.63, 3.8) is 0 Å². The minimum Gasteiger partial charge on any atom is -0.493 e. The largest absolute Gasteiger partial charge is 0.493 e. The summed E-state index contributed by atoms with van der Waals surface area (Å²) in [7, 11) is -1.82. The molecule has 0 unspecified atom stereocenters. The summed E-state index contributed by atoms with van der Waals surface area (Å²) in [6.45, 7) is 4.94. The van der Waals surface area contributed by atoms with Gasteiger partial charge in [-0.2, -0.15) is 0 Å². The van der Waals surface area contributed by atoms with Crippen molar-refractivity contribution >= 4 is 10.0 Å². The molecule has 4 bridgehead atoms. The number of sulfonamides is 1. The number of ether oxygens (including phenoxy) is 2. The topological polar surface area (TPSA) is 64.6 Å². The lowest BCUT2D eigenvalue weighted by molar-refractivity contribution is -0.185. The molecule has 5 rings (SSSR count). The van der Waals surface area contributed by atoms with E-state index in [1.54, 1.807) is 25.3 Å². The summed E-state index contributed by atoms with van der Waals surface area (Å²) in [5, 5.41) is 0. The fourth-order valence-corrected chi connectivity index (χ4v) is 7.29. The lowest BCUT2D eigenvalue weighted by Crippen LogP contribution is -2.63. The van der Waals surface area contributed by atoms with Crippen LogP contribution in [0.5, 0.6) is 5.75 Å². The molecule has 4 aliphatic rings. The minimum atomic E-state index is -3.59. The summed E-state index contributed by atoms with van der Waals surface area (Å²) in [6.07, 6.45) is 7.03. The van der Waals surface area contributed by atoms with Crippen molar-refractivity contribution in [1.29, 1.82) is 0 Å². The van der Waals surface area contributed by atoms with Gasteiger partial charge in [0.25, 0.3) is 0 Å². The summed E-state index contributed by atoms with van der Waals surface area (Å²) in [4.78, 5) is 0.295. The highest BCUT2D eigenvalue weighted by atomic mass is 32.2. The fraction of sp³-hybridized carbons (Fsp3) is 0.727. The summed E-state index contributed by atoms with van der Waals surface area (Å²) < 4.78 is 40.6. The van der Waals surface area contributed by atoms with Gasteiger partial charge in [-0.1, -0.05) is 6.92 Å². The van der Waals surface area contributed by atoms with Crippen LogP contribution in [0.25, 0.3) is 0 Å². The lowest BCUT2D eigenvalue weighted by Gasteiger charge is -2.60. The van der Waals surface area contributed by atoms with E-state index in [1.807, 2.05) is 13.8 Å². The zero-order valence-electron chi connectivity index (χ0n) is 17.2. The first-order valence-electron chi connectivity index (χ1n) is 10.7. The molecular weight excluding hydrogens is 374 g/mol. The number of rotatable bonds is 8. The van der Waals surface area contributed by atoms with E-state index in [2.05, 4.69) is 4.72 Å². The average molecular weight is 408 g/mol. The molecule has 4 fully saturated rings. The van der Waals surface area contributed by atoms with Gasteiger partial charge in [0, 0.05) is 13.7 Å². The van der Waals surface area contributed by atoms with Crippen LogP contribution in [0.4, 0.5) is 0 Å². The normalized spacial score (nSPS) is 34.0. The molecule has 0 atom stereocenters. The third-order valence-electron chi connectivity index (χ3n) is 7.36. The maximum atomic E-state index is 13.0. The molecule has 1 N–H and O–H groups in total. The first-order valence-corrected chi connectivity index (χ1v) is 12.1. The molecule has 1 aromatic carbocycles. The molecule has 0 aliphatic heterocycles. The molecule has 4 saturated carbocycles. The predicted molar refractivity (Wildman–Crippen MR) is 109 cm³/mol. The molecule has 0 amide bonds. The second-order valence-corrected chi connectivity index (χ2v) is 10.8. The van der Waals surface area contributed by atoms with Gasteiger partial charge in [0.2, 0.25) is 10.0 Å². The van der Waals surface area contributed by atoms with Crippen LogP contribution in [-0.4, -0.2) is 34.3 Å². The SMILES string of the molecule is CCCOc1ccc(S(=O)(=O)NCC2(OC)C3CC4CC(C3)CC2C4)cc1C. The van der Waals surface area contributed by atoms with Crippen molar-refractivity contribution in [1.82, 2.24) is 4.72 Å². The van der Waals surface area contributed by atoms with E-state index in [0.717, 1.165) is 29.6 Å². The van der Waals surface area contributed by atoms with Crippen LogP contribution in [0.1, 0.15) is 51.0 Å². The van der Waals surface area contributed by atoms with Gasteiger partial charge in [-0.3, -0.25) is 0 Å². The van der Waals surface area contributed by atoms with E-state index in [9.17, 15) is 8.42 Å². The van der Waals surface area contributed by atoms with Crippen molar-refractivity contribution in [2.45, 2.75) is 62.9 Å². The molecule has 0 saturated heterocycles. The molecule has 0 spiro atoms. The molecule has 0 aromatic heterocycles. The molecule has 0 heterocycles. The first kappa shape index (κ1) is 20.2. The maximum absolute atomic E-state index is 13.0. The summed E-state index contributed by atoms with van der Waals surface area (Å²) >= 11 is 0. The van der Waals surface area contributed by atoms with Gasteiger partial charge in [0.1, 0.15) is 5.75 Å². The van der Waals surface area contributed by atoms with E-state index in [0.29, 0.717) is 29.9 Å². The van der Waals surface area contributed by atoms with Gasteiger partial charge in [-0.25, -0.2) is 13.1 Å². The number of benzene rings is 1. The lowest BCUT2D eigenvalue weighted by atomic mass is 9.50. The first-order chi connectivity index (χ1) is 13.4. The summed E-state index contributed by atoms with van der Waals surface area (Å²) in [5.74, 6) is 3.34. The van der Waals surface area contributed by atoms with Crippen molar-refractivity contribution in [3.8, 4) is 5.75 Å². The van der Waals surface area contributed by atoms with Gasteiger partial charge in [-0.15, -0.1) is 0 Å². The van der Waals surface area contributed by atoms with Crippen molar-refractivity contribution in [2.75, 3.05) is 20.3 Å². The number of aryl methyl sites for hydroxylation is 1. The Morgan fingerprint density at radius 3 is 2.29 bits per heavy atom. The summed E-state index contributed by atoms with van der Waals surface area (Å²) in [5.41, 5.74) is 0.493. The number of nitrogens with one attached hydrogen (secondary N) is 1. The van der Waals surface area contributed by atoms with Crippen molar-refractivity contribution in [2.24, 2.45) is 23.7 Å². The fourth-order valence-electron chi connectivity index (χ4n) is 6.13. The van der Waals surface area contributed by atoms with Gasteiger partial charge < -0.3 is 9.47 Å². The van der Waals surface area contributed by atoms with Crippen LogP contribution >= 0.6 is 0 Å². The molecule has 5 nitrogen and oxygen atoms in total. The highest BCUT2D eigenvalue weighted by Gasteiger charge is 2.57. The van der Waals surface area contributed by atoms with E-state index in [1.165, 1.54) is 32.1 Å². The predicted octanol–water partition coefficient (Wildman–Crippen LogP) is 3.90. The highest BCUT2D eigenvalue weighted by molar-refractivity contribution is 7.89. The van der Waals surface area contributed by atoms with E-state index < -0.39 is 10.0 Å². The van der Waals surface area contributed by atoms with Crippen LogP contribution < -0.4 is 9.46 Å². The van der Waals surface area contributed by atoms with Crippen molar-refractivity contribution in [3.05, 3.63) is 23.8 Å². The third kappa shape index (κ3) is 3.48. The molecule has 4 aliphatic carbocycles. The Bertz CT molecular complexity index is 792. The standard InChI is InChI=1S/C22H33NO4S/c1-4-7-27-21-6-5-20(8-15(21)2)28(24,25)23-14-22(26-3)18-10-16-9-17(12-18)13-19(22)11-16/h5-6,8,16-19,23H,4,7,9-14H2,1-3H3. The van der Waals surface area contributed by atoms with Crippen LogP contribution in [0.3, 0.4) is 0 Å². The molecule has 1 aromatic rings. The Balaban J connectivity index is 1.50. The minimum absolute atomic E-state index is 0.295. The quantitative estimate of drug-likeness (QED) is 0.710. The molecule has 6 heteroatoms. The number of hydrogen-bond acceptors (Lipinski definition) is 4. The smallest absolute Gasteiger partial charge is 0.240 e. The number of methoxy groups -OCH3 is 1. The molecule has 28 heavy (non-hydrogen) atoms.